The van der Waals surface area contributed by atoms with E-state index in [-0.39, 0.29) is 0 Å². The van der Waals surface area contributed by atoms with E-state index < -0.39 is 0 Å². The van der Waals surface area contributed by atoms with Crippen molar-refractivity contribution in [2.24, 2.45) is 0 Å². The zero-order valence-corrected chi connectivity index (χ0v) is 26.8. The van der Waals surface area contributed by atoms with Crippen LogP contribution in [-0.2, 0) is 26.2 Å². The minimum atomic E-state index is 0.626. The Bertz CT molecular complexity index is 1310. The van der Waals surface area contributed by atoms with E-state index in [4.69, 9.17) is 28.4 Å². The highest BCUT2D eigenvalue weighted by molar-refractivity contribution is 7.12. The van der Waals surface area contributed by atoms with Crippen LogP contribution in [0.15, 0.2) is 10.8 Å². The zero-order chi connectivity index (χ0) is 28.6. The summed E-state index contributed by atoms with van der Waals surface area (Å²) in [6.07, 6.45) is 0. The molecule has 0 spiro atoms. The summed E-state index contributed by atoms with van der Waals surface area (Å²) in [5, 5.41) is 4.17. The first-order valence-electron chi connectivity index (χ1n) is 15.3. The maximum atomic E-state index is 6.21. The average molecular weight is 647 g/mol. The monoisotopic (exact) mass is 646 g/mol. The van der Waals surface area contributed by atoms with Gasteiger partial charge in [-0.15, -0.1) is 34.0 Å². The molecule has 0 saturated carbocycles. The van der Waals surface area contributed by atoms with Crippen LogP contribution in [0.1, 0.15) is 19.5 Å². The van der Waals surface area contributed by atoms with Crippen LogP contribution < -0.4 is 28.4 Å². The molecule has 2 fully saturated rings. The summed E-state index contributed by atoms with van der Waals surface area (Å²) < 4.78 is 35.7. The molecule has 0 bridgehead atoms. The van der Waals surface area contributed by atoms with Crippen LogP contribution >= 0.6 is 34.0 Å². The van der Waals surface area contributed by atoms with Gasteiger partial charge >= 0.3 is 0 Å². The molecule has 10 nitrogen and oxygen atoms in total. The molecule has 0 unspecified atom stereocenters. The summed E-state index contributed by atoms with van der Waals surface area (Å²) >= 11 is 5.39. The van der Waals surface area contributed by atoms with Crippen LogP contribution in [0.2, 0.25) is 0 Å². The van der Waals surface area contributed by atoms with Crippen molar-refractivity contribution >= 4 is 34.0 Å². The molecule has 0 atom stereocenters. The fraction of sp³-hybridized carbons (Fsp3) is 0.600. The van der Waals surface area contributed by atoms with E-state index in [1.54, 1.807) is 22.7 Å². The van der Waals surface area contributed by atoms with Gasteiger partial charge in [0.1, 0.15) is 39.6 Å². The molecule has 232 valence electrons. The van der Waals surface area contributed by atoms with E-state index >= 15 is 0 Å². The summed E-state index contributed by atoms with van der Waals surface area (Å²) in [6.45, 7) is 15.9. The molecule has 3 aromatic heterocycles. The van der Waals surface area contributed by atoms with Gasteiger partial charge in [0.25, 0.3) is 0 Å². The molecule has 0 aliphatic carbocycles. The zero-order valence-electron chi connectivity index (χ0n) is 24.3. The molecule has 8 rings (SSSR count). The van der Waals surface area contributed by atoms with E-state index in [0.29, 0.717) is 39.6 Å². The van der Waals surface area contributed by atoms with Gasteiger partial charge in [0, 0.05) is 89.3 Å². The summed E-state index contributed by atoms with van der Waals surface area (Å²) in [4.78, 5) is 15.3. The fourth-order valence-electron chi connectivity index (χ4n) is 6.36. The predicted molar refractivity (Wildman–Crippen MR) is 167 cm³/mol. The minimum absolute atomic E-state index is 0.626. The van der Waals surface area contributed by atoms with Crippen molar-refractivity contribution in [2.75, 3.05) is 92.0 Å². The van der Waals surface area contributed by atoms with Crippen molar-refractivity contribution in [1.29, 1.82) is 0 Å². The second-order valence-electron chi connectivity index (χ2n) is 11.5. The van der Waals surface area contributed by atoms with Gasteiger partial charge in [-0.3, -0.25) is 19.6 Å². The molecule has 3 aromatic rings. The van der Waals surface area contributed by atoms with E-state index in [1.807, 2.05) is 11.3 Å². The Hall–Kier alpha value is -2.26. The Morgan fingerprint density at radius 1 is 0.419 bits per heavy atom. The van der Waals surface area contributed by atoms with Gasteiger partial charge in [-0.2, -0.15) is 0 Å². The summed E-state index contributed by atoms with van der Waals surface area (Å²) in [5.41, 5.74) is 0. The van der Waals surface area contributed by atoms with E-state index in [0.717, 1.165) is 113 Å². The Kier molecular flexibility index (Phi) is 8.29. The maximum Gasteiger partial charge on any atom is 0.176 e. The first-order chi connectivity index (χ1) is 21.3. The number of piperazine rings is 2. The maximum absolute atomic E-state index is 6.21. The van der Waals surface area contributed by atoms with Crippen LogP contribution in [0.3, 0.4) is 0 Å². The van der Waals surface area contributed by atoms with Crippen molar-refractivity contribution in [3.8, 4) is 34.5 Å². The Morgan fingerprint density at radius 2 is 0.744 bits per heavy atom. The fourth-order valence-corrected chi connectivity index (χ4v) is 9.53. The summed E-state index contributed by atoms with van der Waals surface area (Å²) in [6, 6.07) is 0. The summed E-state index contributed by atoms with van der Waals surface area (Å²) in [5.74, 6) is 5.71. The lowest BCUT2D eigenvalue weighted by molar-refractivity contribution is 0.116. The van der Waals surface area contributed by atoms with Gasteiger partial charge in [-0.05, 0) is 0 Å². The van der Waals surface area contributed by atoms with E-state index in [2.05, 4.69) is 30.4 Å². The minimum Gasteiger partial charge on any atom is -0.485 e. The number of rotatable bonds is 8. The van der Waals surface area contributed by atoms with Gasteiger partial charge in [0.15, 0.2) is 34.5 Å². The number of hydrogen-bond donors (Lipinski definition) is 0. The number of ether oxygens (including phenoxy) is 6. The van der Waals surface area contributed by atoms with Crippen molar-refractivity contribution in [1.82, 2.24) is 19.6 Å². The molecule has 13 heteroatoms. The van der Waals surface area contributed by atoms with Gasteiger partial charge in [-0.25, -0.2) is 0 Å². The first-order valence-corrected chi connectivity index (χ1v) is 17.9. The molecule has 0 aromatic carbocycles. The van der Waals surface area contributed by atoms with Crippen LogP contribution in [0, 0.1) is 0 Å². The van der Waals surface area contributed by atoms with Crippen LogP contribution in [0.25, 0.3) is 0 Å². The molecule has 2 saturated heterocycles. The normalized spacial score (nSPS) is 21.3. The van der Waals surface area contributed by atoms with Crippen LogP contribution in [-0.4, -0.2) is 112 Å². The van der Waals surface area contributed by atoms with Crippen molar-refractivity contribution < 1.29 is 28.4 Å². The van der Waals surface area contributed by atoms with Crippen molar-refractivity contribution in [3.63, 3.8) is 0 Å². The number of hydrogen-bond acceptors (Lipinski definition) is 13. The van der Waals surface area contributed by atoms with Gasteiger partial charge in [-0.1, -0.05) is 0 Å². The number of thiophene rings is 3. The van der Waals surface area contributed by atoms with Crippen molar-refractivity contribution in [2.45, 2.75) is 26.2 Å². The highest BCUT2D eigenvalue weighted by atomic mass is 32.1. The van der Waals surface area contributed by atoms with Gasteiger partial charge in [0.2, 0.25) is 0 Å². The lowest BCUT2D eigenvalue weighted by Crippen LogP contribution is -2.45. The molecular weight excluding hydrogens is 609 g/mol. The highest BCUT2D eigenvalue weighted by Crippen LogP contribution is 2.46. The average Bonchev–Trinajstić information content (AvgIpc) is 3.75. The Morgan fingerprint density at radius 3 is 1.14 bits per heavy atom. The molecular formula is C30H38N4O6S3. The van der Waals surface area contributed by atoms with Gasteiger partial charge < -0.3 is 28.4 Å². The SMILES string of the molecule is c1sc(CN2CCN(Cc3sc(CN4CCN(Cc5scc6c5OCCO6)CC4)c4c3OCCO4)CC2)c2c1OCCO2. The summed E-state index contributed by atoms with van der Waals surface area (Å²) in [7, 11) is 0. The molecule has 0 radical (unpaired) electrons. The van der Waals surface area contributed by atoms with Crippen molar-refractivity contribution in [3.05, 3.63) is 30.3 Å². The first kappa shape index (κ1) is 28.2. The van der Waals surface area contributed by atoms with E-state index in [9.17, 15) is 0 Å². The standard InChI is InChI=1S/C30H38N4O6S3/c1-5-33(6-2-31(1)15-23-27-21(19-41-23)35-9-11-37-27)17-25-29-30(40-14-13-39-29)26(43-25)18-34-7-3-32(4-8-34)16-24-28-22(20-42-24)36-10-12-38-28/h19-20H,1-18H2. The quantitative estimate of drug-likeness (QED) is 0.361. The Labute approximate surface area is 264 Å². The highest BCUT2D eigenvalue weighted by Gasteiger charge is 2.30. The second-order valence-corrected chi connectivity index (χ2v) is 14.6. The molecule has 8 heterocycles. The third kappa shape index (κ3) is 6.05. The van der Waals surface area contributed by atoms with Crippen LogP contribution in [0.4, 0.5) is 0 Å². The second kappa shape index (κ2) is 12.6. The molecule has 5 aliphatic heterocycles. The molecule has 5 aliphatic rings. The molecule has 0 N–H and O–H groups in total. The Balaban J connectivity index is 0.853. The van der Waals surface area contributed by atoms with E-state index in [1.165, 1.54) is 19.5 Å². The largest absolute Gasteiger partial charge is 0.485 e. The number of nitrogens with zero attached hydrogens (tertiary/aromatic N) is 4. The van der Waals surface area contributed by atoms with Crippen LogP contribution in [0.5, 0.6) is 34.5 Å². The lowest BCUT2D eigenvalue weighted by atomic mass is 10.2. The molecule has 0 amide bonds. The molecule has 43 heavy (non-hydrogen) atoms. The third-order valence-corrected chi connectivity index (χ3v) is 11.7. The predicted octanol–water partition coefficient (Wildman–Crippen LogP) is 3.82. The number of fused-ring (bicyclic) bond motifs is 3. The van der Waals surface area contributed by atoms with Gasteiger partial charge in [0.05, 0.1) is 19.5 Å². The lowest BCUT2D eigenvalue weighted by Gasteiger charge is -2.34. The third-order valence-electron chi connectivity index (χ3n) is 8.68. The topological polar surface area (TPSA) is 68.3 Å². The smallest absolute Gasteiger partial charge is 0.176 e.